The summed E-state index contributed by atoms with van der Waals surface area (Å²) >= 11 is 1.78. The third-order valence-corrected chi connectivity index (χ3v) is 5.70. The predicted molar refractivity (Wildman–Crippen MR) is 113 cm³/mol. The minimum Gasteiger partial charge on any atom is -0.306 e. The van der Waals surface area contributed by atoms with Gasteiger partial charge >= 0.3 is 0 Å². The fraction of sp³-hybridized carbons (Fsp3) is 0.217. The molecule has 4 rings (SSSR count). The minimum absolute atomic E-state index is 0.822. The first-order chi connectivity index (χ1) is 13.3. The van der Waals surface area contributed by atoms with Crippen molar-refractivity contribution in [2.24, 2.45) is 0 Å². The Bertz CT molecular complexity index is 1020. The summed E-state index contributed by atoms with van der Waals surface area (Å²) in [4.78, 5) is 0. The monoisotopic (exact) mass is 373 g/mol. The first-order valence-electron chi connectivity index (χ1n) is 9.40. The van der Waals surface area contributed by atoms with E-state index in [1.54, 1.807) is 11.8 Å². The first kappa shape index (κ1) is 17.8. The van der Waals surface area contributed by atoms with Gasteiger partial charge in [-0.05, 0) is 28.3 Å². The number of hydrogen-bond acceptors (Lipinski definition) is 3. The molecule has 0 unspecified atom stereocenters. The molecule has 0 saturated carbocycles. The molecule has 0 atom stereocenters. The largest absolute Gasteiger partial charge is 0.306 e. The van der Waals surface area contributed by atoms with Crippen molar-refractivity contribution >= 4 is 22.5 Å². The molecule has 1 aromatic heterocycles. The molecular formula is C23H23N3S. The van der Waals surface area contributed by atoms with Crippen LogP contribution in [-0.2, 0) is 18.7 Å². The Labute approximate surface area is 164 Å². The van der Waals surface area contributed by atoms with Crippen LogP contribution in [0.25, 0.3) is 10.8 Å². The molecule has 0 radical (unpaired) electrons. The van der Waals surface area contributed by atoms with E-state index in [9.17, 15) is 0 Å². The molecule has 3 nitrogen and oxygen atoms in total. The molecule has 4 aromatic rings. The molecule has 4 heteroatoms. The fourth-order valence-corrected chi connectivity index (χ4v) is 4.33. The Kier molecular flexibility index (Phi) is 5.54. The van der Waals surface area contributed by atoms with Crippen molar-refractivity contribution in [2.45, 2.75) is 37.2 Å². The standard InChI is InChI=1S/C23H23N3S/c1-2-15-26-22(16-18-9-4-3-5-10-18)24-25-23(26)27-17-20-13-8-12-19-11-6-7-14-21(19)20/h3-14H,2,15-17H2,1H3. The second kappa shape index (κ2) is 8.40. The molecule has 136 valence electrons. The average molecular weight is 374 g/mol. The highest BCUT2D eigenvalue weighted by Gasteiger charge is 2.13. The molecule has 1 heterocycles. The zero-order chi connectivity index (χ0) is 18.5. The number of rotatable bonds is 7. The van der Waals surface area contributed by atoms with E-state index in [0.717, 1.165) is 36.1 Å². The number of nitrogens with zero attached hydrogens (tertiary/aromatic N) is 3. The van der Waals surface area contributed by atoms with E-state index in [1.807, 2.05) is 6.07 Å². The molecule has 3 aromatic carbocycles. The molecule has 0 N–H and O–H groups in total. The van der Waals surface area contributed by atoms with E-state index >= 15 is 0 Å². The van der Waals surface area contributed by atoms with Gasteiger partial charge in [-0.25, -0.2) is 0 Å². The summed E-state index contributed by atoms with van der Waals surface area (Å²) in [6.45, 7) is 3.15. The van der Waals surface area contributed by atoms with E-state index < -0.39 is 0 Å². The lowest BCUT2D eigenvalue weighted by atomic mass is 10.1. The average Bonchev–Trinajstić information content (AvgIpc) is 3.09. The normalized spacial score (nSPS) is 11.1. The van der Waals surface area contributed by atoms with Crippen molar-refractivity contribution in [2.75, 3.05) is 0 Å². The molecule has 0 aliphatic heterocycles. The summed E-state index contributed by atoms with van der Waals surface area (Å²) < 4.78 is 2.28. The highest BCUT2D eigenvalue weighted by Crippen LogP contribution is 2.27. The second-order valence-corrected chi connectivity index (χ2v) is 7.58. The molecule has 0 amide bonds. The van der Waals surface area contributed by atoms with Crippen molar-refractivity contribution in [1.82, 2.24) is 14.8 Å². The number of aromatic nitrogens is 3. The maximum absolute atomic E-state index is 4.50. The van der Waals surface area contributed by atoms with E-state index in [2.05, 4.69) is 88.4 Å². The van der Waals surface area contributed by atoms with Gasteiger partial charge in [0, 0.05) is 18.7 Å². The highest BCUT2D eigenvalue weighted by molar-refractivity contribution is 7.98. The first-order valence-corrected chi connectivity index (χ1v) is 10.4. The van der Waals surface area contributed by atoms with Crippen LogP contribution in [0.3, 0.4) is 0 Å². The molecule has 0 aliphatic rings. The highest BCUT2D eigenvalue weighted by atomic mass is 32.2. The Morgan fingerprint density at radius 2 is 1.63 bits per heavy atom. The Morgan fingerprint density at radius 3 is 2.48 bits per heavy atom. The van der Waals surface area contributed by atoms with Gasteiger partial charge in [0.1, 0.15) is 5.82 Å². The van der Waals surface area contributed by atoms with Crippen LogP contribution in [0, 0.1) is 0 Å². The lowest BCUT2D eigenvalue weighted by Crippen LogP contribution is -2.05. The van der Waals surface area contributed by atoms with E-state index in [-0.39, 0.29) is 0 Å². The molecular weight excluding hydrogens is 350 g/mol. The fourth-order valence-electron chi connectivity index (χ4n) is 3.34. The van der Waals surface area contributed by atoms with Crippen LogP contribution < -0.4 is 0 Å². The molecule has 0 aliphatic carbocycles. The molecule has 27 heavy (non-hydrogen) atoms. The zero-order valence-corrected chi connectivity index (χ0v) is 16.3. The Hall–Kier alpha value is -2.59. The lowest BCUT2D eigenvalue weighted by Gasteiger charge is -2.10. The third-order valence-electron chi connectivity index (χ3n) is 4.68. The quantitative estimate of drug-likeness (QED) is 0.388. The van der Waals surface area contributed by atoms with Crippen molar-refractivity contribution in [3.63, 3.8) is 0 Å². The maximum Gasteiger partial charge on any atom is 0.191 e. The second-order valence-electron chi connectivity index (χ2n) is 6.64. The van der Waals surface area contributed by atoms with Gasteiger partial charge in [-0.3, -0.25) is 0 Å². The van der Waals surface area contributed by atoms with Gasteiger partial charge in [0.2, 0.25) is 0 Å². The van der Waals surface area contributed by atoms with E-state index in [4.69, 9.17) is 0 Å². The lowest BCUT2D eigenvalue weighted by molar-refractivity contribution is 0.598. The Balaban J connectivity index is 1.56. The van der Waals surface area contributed by atoms with Gasteiger partial charge in [-0.15, -0.1) is 10.2 Å². The number of fused-ring (bicyclic) bond motifs is 1. The van der Waals surface area contributed by atoms with Crippen molar-refractivity contribution < 1.29 is 0 Å². The molecule has 0 fully saturated rings. The van der Waals surface area contributed by atoms with E-state index in [1.165, 1.54) is 21.9 Å². The van der Waals surface area contributed by atoms with Gasteiger partial charge in [0.25, 0.3) is 0 Å². The molecule has 0 bridgehead atoms. The summed E-state index contributed by atoms with van der Waals surface area (Å²) in [5.41, 5.74) is 2.61. The van der Waals surface area contributed by atoms with E-state index in [0.29, 0.717) is 0 Å². The van der Waals surface area contributed by atoms with Crippen LogP contribution in [0.5, 0.6) is 0 Å². The predicted octanol–water partition coefficient (Wildman–Crippen LogP) is 5.72. The van der Waals surface area contributed by atoms with Crippen LogP contribution in [0.15, 0.2) is 78.0 Å². The SMILES string of the molecule is CCCn1c(Cc2ccccc2)nnc1SCc1cccc2ccccc12. The smallest absolute Gasteiger partial charge is 0.191 e. The summed E-state index contributed by atoms with van der Waals surface area (Å²) in [7, 11) is 0. The van der Waals surface area contributed by atoms with Crippen LogP contribution >= 0.6 is 11.8 Å². The minimum atomic E-state index is 0.822. The molecule has 0 saturated heterocycles. The van der Waals surface area contributed by atoms with Crippen molar-refractivity contribution in [1.29, 1.82) is 0 Å². The summed E-state index contributed by atoms with van der Waals surface area (Å²) in [5, 5.41) is 12.6. The number of benzene rings is 3. The third kappa shape index (κ3) is 4.06. The van der Waals surface area contributed by atoms with Crippen LogP contribution in [-0.4, -0.2) is 14.8 Å². The van der Waals surface area contributed by atoms with Crippen LogP contribution in [0.1, 0.15) is 30.3 Å². The zero-order valence-electron chi connectivity index (χ0n) is 15.5. The topological polar surface area (TPSA) is 30.7 Å². The summed E-state index contributed by atoms with van der Waals surface area (Å²) in [5.74, 6) is 1.94. The van der Waals surface area contributed by atoms with Gasteiger partial charge in [0.05, 0.1) is 0 Å². The summed E-state index contributed by atoms with van der Waals surface area (Å²) in [6, 6.07) is 25.6. The van der Waals surface area contributed by atoms with Gasteiger partial charge in [-0.2, -0.15) is 0 Å². The van der Waals surface area contributed by atoms with Gasteiger partial charge in [0.15, 0.2) is 5.16 Å². The van der Waals surface area contributed by atoms with Crippen molar-refractivity contribution in [3.8, 4) is 0 Å². The van der Waals surface area contributed by atoms with Crippen LogP contribution in [0.2, 0.25) is 0 Å². The summed E-state index contributed by atoms with van der Waals surface area (Å²) in [6.07, 6.45) is 1.89. The number of thioether (sulfide) groups is 1. The van der Waals surface area contributed by atoms with Gasteiger partial charge in [-0.1, -0.05) is 91.5 Å². The van der Waals surface area contributed by atoms with Crippen molar-refractivity contribution in [3.05, 3.63) is 89.7 Å². The number of hydrogen-bond donors (Lipinski definition) is 0. The molecule has 0 spiro atoms. The Morgan fingerprint density at radius 1 is 0.852 bits per heavy atom. The van der Waals surface area contributed by atoms with Gasteiger partial charge < -0.3 is 4.57 Å². The van der Waals surface area contributed by atoms with Crippen LogP contribution in [0.4, 0.5) is 0 Å². The maximum atomic E-state index is 4.50.